The summed E-state index contributed by atoms with van der Waals surface area (Å²) in [6.07, 6.45) is 3.39. The van der Waals surface area contributed by atoms with Crippen molar-refractivity contribution in [2.45, 2.75) is 13.1 Å². The second kappa shape index (κ2) is 11.2. The number of carbonyl (C=O) groups excluding carboxylic acids is 1. The Balaban J connectivity index is 0.00000300. The van der Waals surface area contributed by atoms with Crippen LogP contribution < -0.4 is 10.6 Å². The lowest BCUT2D eigenvalue weighted by atomic mass is 10.2. The lowest BCUT2D eigenvalue weighted by molar-refractivity contribution is -0.120. The molecule has 0 saturated carbocycles. The maximum atomic E-state index is 12.0. The van der Waals surface area contributed by atoms with Crippen molar-refractivity contribution in [1.29, 1.82) is 0 Å². The highest BCUT2D eigenvalue weighted by Gasteiger charge is 2.11. The van der Waals surface area contributed by atoms with E-state index in [0.29, 0.717) is 24.8 Å². The number of aromatic nitrogens is 2. The van der Waals surface area contributed by atoms with Gasteiger partial charge in [-0.3, -0.25) is 9.79 Å². The minimum absolute atomic E-state index is 0. The maximum absolute atomic E-state index is 12.0. The minimum Gasteiger partial charge on any atom is -0.467 e. The topological polar surface area (TPSA) is 98.5 Å². The van der Waals surface area contributed by atoms with E-state index in [0.717, 1.165) is 17.1 Å². The number of amides is 1. The van der Waals surface area contributed by atoms with Crippen molar-refractivity contribution in [1.82, 2.24) is 25.5 Å². The number of nitrogens with zero attached hydrogens (tertiary/aromatic N) is 3. The predicted molar refractivity (Wildman–Crippen MR) is 123 cm³/mol. The van der Waals surface area contributed by atoms with Crippen molar-refractivity contribution >= 4 is 35.8 Å². The third-order valence-corrected chi connectivity index (χ3v) is 4.12. The Kier molecular flexibility index (Phi) is 8.71. The number of carbonyl (C=O) groups is 1. The van der Waals surface area contributed by atoms with Gasteiger partial charge in [0.25, 0.3) is 0 Å². The normalized spacial score (nSPS) is 10.9. The lowest BCUT2D eigenvalue weighted by Crippen LogP contribution is -2.43. The van der Waals surface area contributed by atoms with Gasteiger partial charge in [0.2, 0.25) is 5.91 Å². The van der Waals surface area contributed by atoms with E-state index in [1.807, 2.05) is 54.5 Å². The molecule has 3 N–H and O–H groups in total. The highest BCUT2D eigenvalue weighted by molar-refractivity contribution is 14.0. The molecule has 0 bridgehead atoms. The standard InChI is InChI=1S/C20H24N6O2.HI/c1-21-20(24-13-19(27)23-11-16-9-6-10-28-16)26(2)14-18-22-12-17(25-18)15-7-4-3-5-8-15;/h3-10,12H,11,13-14H2,1-2H3,(H,21,24)(H,22,25)(H,23,27);1H. The number of benzene rings is 1. The number of hydrogen-bond acceptors (Lipinski definition) is 4. The Labute approximate surface area is 186 Å². The molecule has 9 heteroatoms. The Morgan fingerprint density at radius 2 is 2.00 bits per heavy atom. The Morgan fingerprint density at radius 3 is 2.69 bits per heavy atom. The van der Waals surface area contributed by atoms with Crippen molar-refractivity contribution < 1.29 is 9.21 Å². The number of aromatic amines is 1. The molecule has 1 amide bonds. The smallest absolute Gasteiger partial charge is 0.239 e. The van der Waals surface area contributed by atoms with E-state index in [1.165, 1.54) is 0 Å². The second-order valence-electron chi connectivity index (χ2n) is 6.22. The van der Waals surface area contributed by atoms with E-state index < -0.39 is 0 Å². The van der Waals surface area contributed by atoms with Crippen molar-refractivity contribution in [3.8, 4) is 11.3 Å². The van der Waals surface area contributed by atoms with Crippen LogP contribution in [-0.2, 0) is 17.9 Å². The number of furan rings is 1. The number of H-pyrrole nitrogens is 1. The zero-order valence-electron chi connectivity index (χ0n) is 16.4. The fraction of sp³-hybridized carbons (Fsp3) is 0.250. The molecule has 8 nitrogen and oxygen atoms in total. The third-order valence-electron chi connectivity index (χ3n) is 4.12. The zero-order chi connectivity index (χ0) is 19.8. The van der Waals surface area contributed by atoms with Crippen LogP contribution in [0.5, 0.6) is 0 Å². The molecular formula is C20H25IN6O2. The zero-order valence-corrected chi connectivity index (χ0v) is 18.7. The largest absolute Gasteiger partial charge is 0.467 e. The predicted octanol–water partition coefficient (Wildman–Crippen LogP) is 2.61. The molecule has 0 aliphatic rings. The number of nitrogens with one attached hydrogen (secondary N) is 3. The van der Waals surface area contributed by atoms with Crippen LogP contribution in [0.4, 0.5) is 0 Å². The SMILES string of the molecule is CN=C(NCC(=O)NCc1ccco1)N(C)Cc1ncc(-c2ccccc2)[nH]1.I. The van der Waals surface area contributed by atoms with Crippen LogP contribution in [0.2, 0.25) is 0 Å². The second-order valence-corrected chi connectivity index (χ2v) is 6.22. The van der Waals surface area contributed by atoms with Crippen LogP contribution in [0, 0.1) is 0 Å². The number of hydrogen-bond donors (Lipinski definition) is 3. The van der Waals surface area contributed by atoms with Crippen LogP contribution in [0.25, 0.3) is 11.3 Å². The van der Waals surface area contributed by atoms with Crippen LogP contribution in [0.3, 0.4) is 0 Å². The molecule has 3 rings (SSSR count). The third kappa shape index (κ3) is 6.63. The molecule has 1 aromatic carbocycles. The van der Waals surface area contributed by atoms with Crippen molar-refractivity contribution in [2.75, 3.05) is 20.6 Å². The number of aliphatic imine (C=N–C) groups is 1. The highest BCUT2D eigenvalue weighted by atomic mass is 127. The Hall–Kier alpha value is -2.82. The van der Waals surface area contributed by atoms with Gasteiger partial charge in [-0.2, -0.15) is 0 Å². The van der Waals surface area contributed by atoms with E-state index in [1.54, 1.807) is 19.4 Å². The first kappa shape index (κ1) is 22.5. The van der Waals surface area contributed by atoms with Gasteiger partial charge in [-0.25, -0.2) is 4.98 Å². The fourth-order valence-corrected chi connectivity index (χ4v) is 2.71. The Morgan fingerprint density at radius 1 is 1.21 bits per heavy atom. The summed E-state index contributed by atoms with van der Waals surface area (Å²) in [4.78, 5) is 25.9. The van der Waals surface area contributed by atoms with Gasteiger partial charge >= 0.3 is 0 Å². The monoisotopic (exact) mass is 508 g/mol. The van der Waals surface area contributed by atoms with E-state index in [-0.39, 0.29) is 36.4 Å². The lowest BCUT2D eigenvalue weighted by Gasteiger charge is -2.20. The molecule has 29 heavy (non-hydrogen) atoms. The van der Waals surface area contributed by atoms with Gasteiger partial charge in [-0.05, 0) is 17.7 Å². The van der Waals surface area contributed by atoms with Crippen molar-refractivity contribution in [3.63, 3.8) is 0 Å². The molecule has 154 valence electrons. The first-order valence-corrected chi connectivity index (χ1v) is 8.96. The van der Waals surface area contributed by atoms with Crippen LogP contribution in [-0.4, -0.2) is 47.4 Å². The summed E-state index contributed by atoms with van der Waals surface area (Å²) in [6.45, 7) is 1.00. The van der Waals surface area contributed by atoms with Gasteiger partial charge in [0, 0.05) is 14.1 Å². The molecule has 3 aromatic rings. The molecule has 0 atom stereocenters. The molecule has 0 aliphatic carbocycles. The first-order chi connectivity index (χ1) is 13.7. The Bertz CT molecular complexity index is 908. The van der Waals surface area contributed by atoms with E-state index in [4.69, 9.17) is 4.42 Å². The van der Waals surface area contributed by atoms with Crippen molar-refractivity contribution in [2.24, 2.45) is 4.99 Å². The number of rotatable bonds is 7. The van der Waals surface area contributed by atoms with Gasteiger partial charge in [0.15, 0.2) is 5.96 Å². The van der Waals surface area contributed by atoms with Crippen LogP contribution in [0.1, 0.15) is 11.6 Å². The molecule has 0 aliphatic heterocycles. The van der Waals surface area contributed by atoms with Crippen molar-refractivity contribution in [3.05, 3.63) is 66.5 Å². The van der Waals surface area contributed by atoms with Crippen LogP contribution >= 0.6 is 24.0 Å². The van der Waals surface area contributed by atoms with Gasteiger partial charge in [0.05, 0.1) is 37.8 Å². The van der Waals surface area contributed by atoms with Crippen LogP contribution in [0.15, 0.2) is 64.3 Å². The molecule has 2 heterocycles. The molecule has 0 radical (unpaired) electrons. The maximum Gasteiger partial charge on any atom is 0.239 e. The van der Waals surface area contributed by atoms with Gasteiger partial charge in [-0.15, -0.1) is 24.0 Å². The average molecular weight is 508 g/mol. The summed E-state index contributed by atoms with van der Waals surface area (Å²) in [5.74, 6) is 1.98. The molecule has 0 saturated heterocycles. The van der Waals surface area contributed by atoms with E-state index in [2.05, 4.69) is 25.6 Å². The molecular weight excluding hydrogens is 483 g/mol. The molecule has 0 unspecified atom stereocenters. The quantitative estimate of drug-likeness (QED) is 0.259. The van der Waals surface area contributed by atoms with Gasteiger partial charge in [-0.1, -0.05) is 30.3 Å². The molecule has 2 aromatic heterocycles. The summed E-state index contributed by atoms with van der Waals surface area (Å²) >= 11 is 0. The number of imidazole rings is 1. The summed E-state index contributed by atoms with van der Waals surface area (Å²) in [5.41, 5.74) is 2.05. The summed E-state index contributed by atoms with van der Waals surface area (Å²) in [7, 11) is 3.57. The number of guanidine groups is 1. The summed E-state index contributed by atoms with van der Waals surface area (Å²) < 4.78 is 5.19. The molecule has 0 fully saturated rings. The fourth-order valence-electron chi connectivity index (χ4n) is 2.71. The van der Waals surface area contributed by atoms with E-state index >= 15 is 0 Å². The van der Waals surface area contributed by atoms with E-state index in [9.17, 15) is 4.79 Å². The summed E-state index contributed by atoms with van der Waals surface area (Å²) in [6, 6.07) is 13.6. The van der Waals surface area contributed by atoms with Gasteiger partial charge in [0.1, 0.15) is 11.6 Å². The van der Waals surface area contributed by atoms with Gasteiger partial charge < -0.3 is 24.9 Å². The first-order valence-electron chi connectivity index (χ1n) is 8.96. The minimum atomic E-state index is -0.143. The average Bonchev–Trinajstić information content (AvgIpc) is 3.39. The highest BCUT2D eigenvalue weighted by Crippen LogP contribution is 2.16. The molecule has 0 spiro atoms. The number of halogens is 1. The summed E-state index contributed by atoms with van der Waals surface area (Å²) in [5, 5.41) is 5.84.